The molecule has 0 amide bonds. The molecule has 0 aromatic heterocycles. The number of phenolic OH excluding ortho intramolecular Hbond substituents is 1. The quantitative estimate of drug-likeness (QED) is 0.606. The zero-order chi connectivity index (χ0) is 18.4. The summed E-state index contributed by atoms with van der Waals surface area (Å²) in [7, 11) is 3.04. The van der Waals surface area contributed by atoms with Gasteiger partial charge in [0.15, 0.2) is 5.78 Å². The predicted octanol–water partition coefficient (Wildman–Crippen LogP) is 4.09. The Labute approximate surface area is 147 Å². The van der Waals surface area contributed by atoms with E-state index in [2.05, 4.69) is 0 Å². The topological polar surface area (TPSA) is 65.0 Å². The summed E-state index contributed by atoms with van der Waals surface area (Å²) in [6.07, 6.45) is 3.00. The molecule has 0 fully saturated rings. The highest BCUT2D eigenvalue weighted by Crippen LogP contribution is 2.34. The standard InChI is InChI=1S/C20H22O5/c1-13(2)25-16-11-18(22)20(19(12-16)24-4)17(21)10-7-14-5-8-15(23-3)9-6-14/h5-13,22H,1-4H3/b10-7+. The Kier molecular flexibility index (Phi) is 6.06. The van der Waals surface area contributed by atoms with E-state index in [1.54, 1.807) is 31.4 Å². The Hall–Kier alpha value is -2.95. The van der Waals surface area contributed by atoms with Crippen LogP contribution in [0.2, 0.25) is 0 Å². The van der Waals surface area contributed by atoms with Crippen molar-refractivity contribution in [2.45, 2.75) is 20.0 Å². The Balaban J connectivity index is 2.26. The molecule has 0 radical (unpaired) electrons. The van der Waals surface area contributed by atoms with Crippen molar-refractivity contribution in [3.8, 4) is 23.0 Å². The van der Waals surface area contributed by atoms with E-state index in [4.69, 9.17) is 14.2 Å². The van der Waals surface area contributed by atoms with Crippen molar-refractivity contribution in [1.82, 2.24) is 0 Å². The summed E-state index contributed by atoms with van der Waals surface area (Å²) in [5, 5.41) is 10.2. The molecule has 0 aliphatic rings. The third-order valence-corrected chi connectivity index (χ3v) is 3.44. The molecule has 0 aliphatic carbocycles. The minimum Gasteiger partial charge on any atom is -0.507 e. The maximum absolute atomic E-state index is 12.5. The van der Waals surface area contributed by atoms with Gasteiger partial charge in [-0.15, -0.1) is 0 Å². The third-order valence-electron chi connectivity index (χ3n) is 3.44. The van der Waals surface area contributed by atoms with E-state index in [0.717, 1.165) is 11.3 Å². The first-order valence-corrected chi connectivity index (χ1v) is 7.88. The molecule has 0 atom stereocenters. The zero-order valence-corrected chi connectivity index (χ0v) is 14.8. The number of benzene rings is 2. The number of allylic oxidation sites excluding steroid dienone is 1. The van der Waals surface area contributed by atoms with Crippen LogP contribution in [0.1, 0.15) is 29.8 Å². The van der Waals surface area contributed by atoms with Crippen molar-refractivity contribution < 1.29 is 24.1 Å². The molecule has 132 valence electrons. The average Bonchev–Trinajstić information content (AvgIpc) is 2.59. The van der Waals surface area contributed by atoms with E-state index in [0.29, 0.717) is 5.75 Å². The Bertz CT molecular complexity index is 760. The van der Waals surface area contributed by atoms with Gasteiger partial charge in [0.1, 0.15) is 28.6 Å². The van der Waals surface area contributed by atoms with Crippen molar-refractivity contribution in [2.24, 2.45) is 0 Å². The van der Waals surface area contributed by atoms with Gasteiger partial charge < -0.3 is 19.3 Å². The highest BCUT2D eigenvalue weighted by molar-refractivity contribution is 6.10. The van der Waals surface area contributed by atoms with Crippen molar-refractivity contribution in [3.05, 3.63) is 53.6 Å². The van der Waals surface area contributed by atoms with Gasteiger partial charge in [-0.3, -0.25) is 4.79 Å². The summed E-state index contributed by atoms with van der Waals surface area (Å²) in [5.74, 6) is 0.907. The van der Waals surface area contributed by atoms with E-state index >= 15 is 0 Å². The predicted molar refractivity (Wildman–Crippen MR) is 96.8 cm³/mol. The fourth-order valence-corrected chi connectivity index (χ4v) is 2.30. The van der Waals surface area contributed by atoms with Gasteiger partial charge >= 0.3 is 0 Å². The van der Waals surface area contributed by atoms with Crippen LogP contribution in [0, 0.1) is 0 Å². The summed E-state index contributed by atoms with van der Waals surface area (Å²) in [6.45, 7) is 3.75. The first-order chi connectivity index (χ1) is 11.9. The molecular formula is C20H22O5. The third kappa shape index (κ3) is 4.76. The number of aromatic hydroxyl groups is 1. The van der Waals surface area contributed by atoms with Crippen LogP contribution in [0.4, 0.5) is 0 Å². The molecule has 0 bridgehead atoms. The molecular weight excluding hydrogens is 320 g/mol. The molecule has 1 N–H and O–H groups in total. The van der Waals surface area contributed by atoms with Gasteiger partial charge in [-0.25, -0.2) is 0 Å². The zero-order valence-electron chi connectivity index (χ0n) is 14.8. The lowest BCUT2D eigenvalue weighted by Crippen LogP contribution is -2.07. The number of carbonyl (C=O) groups is 1. The van der Waals surface area contributed by atoms with Crippen LogP contribution in [0.25, 0.3) is 6.08 Å². The highest BCUT2D eigenvalue weighted by atomic mass is 16.5. The first kappa shape index (κ1) is 18.4. The van der Waals surface area contributed by atoms with Crippen LogP contribution in [0.3, 0.4) is 0 Å². The fraction of sp³-hybridized carbons (Fsp3) is 0.250. The Morgan fingerprint density at radius 3 is 2.28 bits per heavy atom. The molecule has 5 nitrogen and oxygen atoms in total. The molecule has 0 unspecified atom stereocenters. The van der Waals surface area contributed by atoms with Crippen LogP contribution < -0.4 is 14.2 Å². The Morgan fingerprint density at radius 2 is 1.72 bits per heavy atom. The molecule has 5 heteroatoms. The lowest BCUT2D eigenvalue weighted by Gasteiger charge is -2.14. The van der Waals surface area contributed by atoms with Gasteiger partial charge in [0.25, 0.3) is 0 Å². The monoisotopic (exact) mass is 342 g/mol. The molecule has 0 saturated carbocycles. The van der Waals surface area contributed by atoms with Gasteiger partial charge in [0, 0.05) is 12.1 Å². The molecule has 0 heterocycles. The summed E-state index contributed by atoms with van der Waals surface area (Å²) in [5.41, 5.74) is 0.940. The van der Waals surface area contributed by atoms with Crippen molar-refractivity contribution >= 4 is 11.9 Å². The number of rotatable bonds is 7. The van der Waals surface area contributed by atoms with Crippen LogP contribution >= 0.6 is 0 Å². The van der Waals surface area contributed by atoms with Gasteiger partial charge in [0.05, 0.1) is 20.3 Å². The first-order valence-electron chi connectivity index (χ1n) is 7.88. The number of ether oxygens (including phenoxy) is 3. The minimum atomic E-state index is -0.360. The van der Waals surface area contributed by atoms with E-state index in [1.165, 1.54) is 19.3 Å². The number of hydrogen-bond donors (Lipinski definition) is 1. The number of hydrogen-bond acceptors (Lipinski definition) is 5. The van der Waals surface area contributed by atoms with Crippen LogP contribution in [0.5, 0.6) is 23.0 Å². The van der Waals surface area contributed by atoms with Crippen molar-refractivity contribution in [1.29, 1.82) is 0 Å². The minimum absolute atomic E-state index is 0.0550. The van der Waals surface area contributed by atoms with Crippen molar-refractivity contribution in [2.75, 3.05) is 14.2 Å². The molecule has 0 saturated heterocycles. The van der Waals surface area contributed by atoms with E-state index in [1.807, 2.05) is 26.0 Å². The number of methoxy groups -OCH3 is 2. The maximum atomic E-state index is 12.5. The van der Waals surface area contributed by atoms with Gasteiger partial charge in [-0.2, -0.15) is 0 Å². The number of ketones is 1. The van der Waals surface area contributed by atoms with Gasteiger partial charge in [-0.05, 0) is 37.6 Å². The van der Waals surface area contributed by atoms with Crippen LogP contribution in [0.15, 0.2) is 42.5 Å². The second kappa shape index (κ2) is 8.24. The van der Waals surface area contributed by atoms with Crippen LogP contribution in [-0.4, -0.2) is 31.2 Å². The molecule has 0 spiro atoms. The molecule has 0 aliphatic heterocycles. The molecule has 2 aromatic rings. The lowest BCUT2D eigenvalue weighted by atomic mass is 10.1. The van der Waals surface area contributed by atoms with E-state index in [9.17, 15) is 9.90 Å². The fourth-order valence-electron chi connectivity index (χ4n) is 2.30. The van der Waals surface area contributed by atoms with E-state index in [-0.39, 0.29) is 28.9 Å². The largest absolute Gasteiger partial charge is 0.507 e. The number of phenols is 1. The average molecular weight is 342 g/mol. The second-order valence-corrected chi connectivity index (χ2v) is 5.66. The summed E-state index contributed by atoms with van der Waals surface area (Å²) in [6, 6.07) is 10.3. The highest BCUT2D eigenvalue weighted by Gasteiger charge is 2.18. The molecule has 2 aromatic carbocycles. The maximum Gasteiger partial charge on any atom is 0.193 e. The van der Waals surface area contributed by atoms with Crippen molar-refractivity contribution in [3.63, 3.8) is 0 Å². The normalized spacial score (nSPS) is 10.9. The summed E-state index contributed by atoms with van der Waals surface area (Å²) < 4.78 is 15.9. The van der Waals surface area contributed by atoms with Gasteiger partial charge in [0.2, 0.25) is 0 Å². The SMILES string of the molecule is COc1ccc(/C=C/C(=O)c2c(O)cc(OC(C)C)cc2OC)cc1. The smallest absolute Gasteiger partial charge is 0.193 e. The lowest BCUT2D eigenvalue weighted by molar-refractivity contribution is 0.104. The van der Waals surface area contributed by atoms with E-state index < -0.39 is 0 Å². The van der Waals surface area contributed by atoms with Crippen LogP contribution in [-0.2, 0) is 0 Å². The summed E-state index contributed by atoms with van der Waals surface area (Å²) >= 11 is 0. The van der Waals surface area contributed by atoms with Gasteiger partial charge in [-0.1, -0.05) is 18.2 Å². The second-order valence-electron chi connectivity index (χ2n) is 5.66. The summed E-state index contributed by atoms with van der Waals surface area (Å²) in [4.78, 5) is 12.5. The molecule has 2 rings (SSSR count). The number of carbonyl (C=O) groups excluding carboxylic acids is 1. The Morgan fingerprint density at radius 1 is 1.04 bits per heavy atom. The molecule has 25 heavy (non-hydrogen) atoms.